The maximum absolute atomic E-state index is 14.7. The summed E-state index contributed by atoms with van der Waals surface area (Å²) < 4.78 is 33.7. The first-order valence-electron chi connectivity index (χ1n) is 13.9. The largest absolute Gasteiger partial charge is 0.382 e. The van der Waals surface area contributed by atoms with Gasteiger partial charge in [0, 0.05) is 29.5 Å². The molecule has 5 rings (SSSR count). The number of ether oxygens (including phenoxy) is 3. The number of nitrogens with zero attached hydrogens (tertiary/aromatic N) is 1. The lowest BCUT2D eigenvalue weighted by molar-refractivity contribution is -0.384. The van der Waals surface area contributed by atoms with Crippen molar-refractivity contribution in [2.24, 2.45) is 5.92 Å². The summed E-state index contributed by atoms with van der Waals surface area (Å²) in [5.41, 5.74) is 2.76. The number of hydrogen-bond donors (Lipinski definition) is 1. The molecule has 42 heavy (non-hydrogen) atoms. The molecule has 0 aliphatic carbocycles. The van der Waals surface area contributed by atoms with Gasteiger partial charge in [0.2, 0.25) is 0 Å². The van der Waals surface area contributed by atoms with Gasteiger partial charge in [-0.2, -0.15) is 0 Å². The third-order valence-electron chi connectivity index (χ3n) is 7.53. The molecule has 1 heterocycles. The van der Waals surface area contributed by atoms with Crippen LogP contribution in [0.15, 0.2) is 115 Å². The fourth-order valence-corrected chi connectivity index (χ4v) is 8.44. The molecule has 218 valence electrons. The summed E-state index contributed by atoms with van der Waals surface area (Å²) >= 11 is 0. The smallest absolute Gasteiger partial charge is 0.269 e. The van der Waals surface area contributed by atoms with Crippen LogP contribution in [0.5, 0.6) is 0 Å². The number of nitro groups is 1. The normalized spacial score (nSPS) is 23.8. The highest BCUT2D eigenvalue weighted by Gasteiger charge is 2.52. The summed E-state index contributed by atoms with van der Waals surface area (Å²) in [6, 6.07) is 34.6. The van der Waals surface area contributed by atoms with Crippen molar-refractivity contribution < 1.29 is 28.8 Å². The molecule has 0 spiro atoms. The van der Waals surface area contributed by atoms with Crippen LogP contribution < -0.4 is 5.30 Å². The summed E-state index contributed by atoms with van der Waals surface area (Å²) in [4.78, 5) is 10.8. The second kappa shape index (κ2) is 14.0. The van der Waals surface area contributed by atoms with E-state index in [0.29, 0.717) is 11.9 Å². The van der Waals surface area contributed by atoms with Gasteiger partial charge >= 0.3 is 0 Å². The minimum absolute atomic E-state index is 0.103. The van der Waals surface area contributed by atoms with Crippen LogP contribution in [0.1, 0.15) is 16.7 Å². The van der Waals surface area contributed by atoms with Crippen LogP contribution in [-0.4, -0.2) is 40.9 Å². The van der Waals surface area contributed by atoms with Crippen LogP contribution in [0, 0.1) is 16.0 Å². The Hall–Kier alpha value is -3.65. The molecule has 8 nitrogen and oxygen atoms in total. The van der Waals surface area contributed by atoms with Crippen molar-refractivity contribution in [1.82, 2.24) is 0 Å². The van der Waals surface area contributed by atoms with Gasteiger partial charge in [-0.05, 0) is 28.8 Å². The van der Waals surface area contributed by atoms with Gasteiger partial charge in [0.25, 0.3) is 5.69 Å². The molecule has 4 aromatic rings. The standard InChI is InChI=1S/C33H34NO7P/c35-33-32(41-22-27-14-8-3-9-15-27)31(40-21-26-12-6-2-7-13-26)28(23-39-20-25-10-4-1-5-11-25)24-42(33,38)30-18-16-29(17-19-30)34(36)37/h1-19,28,31-33,35H,20-24H2. The first-order chi connectivity index (χ1) is 20.4. The van der Waals surface area contributed by atoms with E-state index in [-0.39, 0.29) is 37.6 Å². The second-order valence-corrected chi connectivity index (χ2v) is 13.5. The van der Waals surface area contributed by atoms with Crippen molar-refractivity contribution in [3.8, 4) is 0 Å². The molecular formula is C33H34NO7P. The number of rotatable bonds is 12. The van der Waals surface area contributed by atoms with Gasteiger partial charge in [0.15, 0.2) is 0 Å². The minimum atomic E-state index is -3.54. The van der Waals surface area contributed by atoms with Crippen LogP contribution in [-0.2, 0) is 38.6 Å². The molecule has 1 saturated heterocycles. The lowest BCUT2D eigenvalue weighted by Crippen LogP contribution is -2.53. The van der Waals surface area contributed by atoms with Crippen molar-refractivity contribution in [2.45, 2.75) is 37.9 Å². The Balaban J connectivity index is 1.46. The number of hydrogen-bond acceptors (Lipinski definition) is 7. The van der Waals surface area contributed by atoms with E-state index in [1.165, 1.54) is 24.3 Å². The molecule has 0 aromatic heterocycles. The van der Waals surface area contributed by atoms with Crippen molar-refractivity contribution in [1.29, 1.82) is 0 Å². The molecule has 0 amide bonds. The molecule has 1 fully saturated rings. The number of nitro benzene ring substituents is 1. The SMILES string of the molecule is O=[N+]([O-])c1ccc(P2(=O)CC(COCc3ccccc3)C(OCc3ccccc3)C(OCc3ccccc3)C2O)cc1. The van der Waals surface area contributed by atoms with Crippen molar-refractivity contribution >= 4 is 18.1 Å². The minimum Gasteiger partial charge on any atom is -0.382 e. The third kappa shape index (κ3) is 7.21. The van der Waals surface area contributed by atoms with Crippen LogP contribution in [0.25, 0.3) is 0 Å². The van der Waals surface area contributed by atoms with E-state index in [9.17, 15) is 19.8 Å². The van der Waals surface area contributed by atoms with E-state index in [1.807, 2.05) is 91.0 Å². The Bertz CT molecular complexity index is 1470. The highest BCUT2D eigenvalue weighted by Crippen LogP contribution is 2.57. The summed E-state index contributed by atoms with van der Waals surface area (Å²) in [5, 5.41) is 23.4. The highest BCUT2D eigenvalue weighted by atomic mass is 31.2. The number of benzene rings is 4. The number of non-ortho nitro benzene ring substituents is 1. The van der Waals surface area contributed by atoms with E-state index >= 15 is 0 Å². The van der Waals surface area contributed by atoms with Gasteiger partial charge in [-0.1, -0.05) is 91.0 Å². The molecule has 1 aliphatic rings. The Morgan fingerprint density at radius 2 is 1.19 bits per heavy atom. The van der Waals surface area contributed by atoms with Gasteiger partial charge in [-0.15, -0.1) is 0 Å². The quantitative estimate of drug-likeness (QED) is 0.125. The first kappa shape index (κ1) is 29.8. The molecule has 9 heteroatoms. The van der Waals surface area contributed by atoms with Gasteiger partial charge in [0.1, 0.15) is 19.1 Å². The highest BCUT2D eigenvalue weighted by molar-refractivity contribution is 7.72. The van der Waals surface area contributed by atoms with Gasteiger partial charge in [-0.3, -0.25) is 10.1 Å². The fraction of sp³-hybridized carbons (Fsp3) is 0.273. The summed E-state index contributed by atoms with van der Waals surface area (Å²) in [6.45, 7) is 1.05. The monoisotopic (exact) mass is 587 g/mol. The molecule has 0 bridgehead atoms. The van der Waals surface area contributed by atoms with Crippen molar-refractivity contribution in [3.05, 3.63) is 142 Å². The Morgan fingerprint density at radius 1 is 0.714 bits per heavy atom. The molecule has 1 N–H and O–H groups in total. The van der Waals surface area contributed by atoms with Crippen molar-refractivity contribution in [2.75, 3.05) is 12.8 Å². The lowest BCUT2D eigenvalue weighted by Gasteiger charge is -2.44. The van der Waals surface area contributed by atoms with E-state index in [4.69, 9.17) is 14.2 Å². The van der Waals surface area contributed by atoms with E-state index < -0.39 is 30.1 Å². The van der Waals surface area contributed by atoms with E-state index in [2.05, 4.69) is 0 Å². The molecule has 5 atom stereocenters. The zero-order chi connectivity index (χ0) is 29.4. The first-order valence-corrected chi connectivity index (χ1v) is 15.8. The Kier molecular flexibility index (Phi) is 9.95. The molecule has 4 aromatic carbocycles. The van der Waals surface area contributed by atoms with Gasteiger partial charge in [0.05, 0.1) is 37.5 Å². The van der Waals surface area contributed by atoms with Gasteiger partial charge < -0.3 is 23.9 Å². The zero-order valence-electron chi connectivity index (χ0n) is 23.1. The lowest BCUT2D eigenvalue weighted by atomic mass is 9.99. The Labute approximate surface area is 245 Å². The topological polar surface area (TPSA) is 108 Å². The number of aliphatic hydroxyl groups is 1. The summed E-state index contributed by atoms with van der Waals surface area (Å²) in [6.07, 6.45) is -1.46. The molecule has 1 aliphatic heterocycles. The average molecular weight is 588 g/mol. The molecule has 5 unspecified atom stereocenters. The maximum atomic E-state index is 14.7. The maximum Gasteiger partial charge on any atom is 0.269 e. The zero-order valence-corrected chi connectivity index (χ0v) is 24.0. The van der Waals surface area contributed by atoms with Crippen molar-refractivity contribution in [3.63, 3.8) is 0 Å². The molecule has 0 radical (unpaired) electrons. The number of aliphatic hydroxyl groups excluding tert-OH is 1. The average Bonchev–Trinajstić information content (AvgIpc) is 3.03. The van der Waals surface area contributed by atoms with E-state index in [0.717, 1.165) is 16.7 Å². The van der Waals surface area contributed by atoms with Crippen LogP contribution >= 0.6 is 7.14 Å². The second-order valence-electron chi connectivity index (χ2n) is 10.4. The third-order valence-corrected chi connectivity index (χ3v) is 10.9. The predicted octanol–water partition coefficient (Wildman–Crippen LogP) is 5.92. The summed E-state index contributed by atoms with van der Waals surface area (Å²) in [7, 11) is -3.54. The van der Waals surface area contributed by atoms with Gasteiger partial charge in [-0.25, -0.2) is 0 Å². The molecule has 0 saturated carbocycles. The molecular weight excluding hydrogens is 553 g/mol. The van der Waals surface area contributed by atoms with Crippen LogP contribution in [0.4, 0.5) is 5.69 Å². The Morgan fingerprint density at radius 3 is 1.69 bits per heavy atom. The van der Waals surface area contributed by atoms with Crippen LogP contribution in [0.3, 0.4) is 0 Å². The summed E-state index contributed by atoms with van der Waals surface area (Å²) in [5.74, 6) is -1.77. The fourth-order valence-electron chi connectivity index (χ4n) is 5.32. The van der Waals surface area contributed by atoms with E-state index in [1.54, 1.807) is 0 Å². The predicted molar refractivity (Wildman–Crippen MR) is 161 cm³/mol. The van der Waals surface area contributed by atoms with Crippen LogP contribution in [0.2, 0.25) is 0 Å².